The summed E-state index contributed by atoms with van der Waals surface area (Å²) in [6.07, 6.45) is 0. The van der Waals surface area contributed by atoms with Gasteiger partial charge in [0.15, 0.2) is 0 Å². The lowest BCUT2D eigenvalue weighted by Gasteiger charge is -2.11. The van der Waals surface area contributed by atoms with Crippen molar-refractivity contribution in [2.45, 2.75) is 11.8 Å². The Bertz CT molecular complexity index is 1660. The van der Waals surface area contributed by atoms with E-state index < -0.39 is 10.1 Å². The number of aryl methyl sites for hydroxylation is 1. The van der Waals surface area contributed by atoms with Crippen LogP contribution in [0.25, 0.3) is 44.3 Å². The number of fused-ring (bicyclic) bond motifs is 3. The Hall–Kier alpha value is -3.59. The highest BCUT2D eigenvalue weighted by molar-refractivity contribution is 7.86. The van der Waals surface area contributed by atoms with E-state index >= 15 is 0 Å². The summed E-state index contributed by atoms with van der Waals surface area (Å²) in [5.74, 6) is 0.886. The molecule has 0 spiro atoms. The van der Waals surface area contributed by atoms with Gasteiger partial charge < -0.3 is 14.8 Å². The zero-order chi connectivity index (χ0) is 23.3. The number of nitrogens with one attached hydrogen (secondary N) is 1. The van der Waals surface area contributed by atoms with Crippen molar-refractivity contribution in [3.8, 4) is 34.0 Å². The first-order chi connectivity index (χ1) is 15.8. The topological polar surface area (TPSA) is 113 Å². The zero-order valence-electron chi connectivity index (χ0n) is 18.2. The van der Waals surface area contributed by atoms with Crippen LogP contribution < -0.4 is 4.74 Å². The van der Waals surface area contributed by atoms with Crippen LogP contribution >= 0.6 is 12.4 Å². The van der Waals surface area contributed by atoms with Crippen molar-refractivity contribution in [1.82, 2.24) is 9.97 Å². The van der Waals surface area contributed by atoms with Gasteiger partial charge in [0.1, 0.15) is 27.7 Å². The second-order valence-corrected chi connectivity index (χ2v) is 9.15. The molecule has 0 aliphatic heterocycles. The molecule has 0 saturated carbocycles. The maximum Gasteiger partial charge on any atom is 0.295 e. The van der Waals surface area contributed by atoms with E-state index in [1.54, 1.807) is 7.11 Å². The maximum atomic E-state index is 12.0. The van der Waals surface area contributed by atoms with Crippen LogP contribution in [0, 0.1) is 6.92 Å². The zero-order valence-corrected chi connectivity index (χ0v) is 19.9. The van der Waals surface area contributed by atoms with Crippen LogP contribution in [0.4, 0.5) is 0 Å². The van der Waals surface area contributed by atoms with Gasteiger partial charge in [-0.1, -0.05) is 42.5 Å². The maximum absolute atomic E-state index is 12.0. The van der Waals surface area contributed by atoms with E-state index in [4.69, 9.17) is 4.74 Å². The van der Waals surface area contributed by atoms with Gasteiger partial charge >= 0.3 is 0 Å². The van der Waals surface area contributed by atoms with E-state index in [1.165, 1.54) is 24.3 Å². The van der Waals surface area contributed by atoms with Crippen LogP contribution in [0.2, 0.25) is 0 Å². The van der Waals surface area contributed by atoms with Gasteiger partial charge in [-0.3, -0.25) is 4.55 Å². The quantitative estimate of drug-likeness (QED) is 0.273. The number of aromatic hydroxyl groups is 1. The number of imidazole rings is 1. The van der Waals surface area contributed by atoms with Gasteiger partial charge in [0.25, 0.3) is 10.1 Å². The standard InChI is InChI=1S/C25H20N2O5S.ClH/c1-14-6-3-4-7-16(14)15-10-11-17(21(12-15)32-2)25-26-19-13-22(33(29,30)31)18-8-5-9-20(28)23(18)24(19)27-25;/h3-13,28H,1-2H3,(H,26,27)(H,29,30,31);1H. The summed E-state index contributed by atoms with van der Waals surface area (Å²) >= 11 is 0. The van der Waals surface area contributed by atoms with Gasteiger partial charge in [0, 0.05) is 5.39 Å². The fraction of sp³-hybridized carbons (Fsp3) is 0.0800. The molecular formula is C25H21ClN2O5S. The fourth-order valence-corrected chi connectivity index (χ4v) is 4.89. The molecule has 174 valence electrons. The number of hydrogen-bond acceptors (Lipinski definition) is 5. The van der Waals surface area contributed by atoms with Crippen molar-refractivity contribution in [3.05, 3.63) is 72.3 Å². The number of halogens is 1. The number of aromatic amines is 1. The van der Waals surface area contributed by atoms with Crippen LogP contribution in [-0.4, -0.2) is 35.2 Å². The number of phenolic OH excluding ortho intramolecular Hbond substituents is 1. The number of hydrogen-bond donors (Lipinski definition) is 3. The average molecular weight is 497 g/mol. The van der Waals surface area contributed by atoms with E-state index in [-0.39, 0.29) is 33.8 Å². The monoisotopic (exact) mass is 496 g/mol. The number of rotatable bonds is 4. The first-order valence-electron chi connectivity index (χ1n) is 10.1. The molecule has 1 aromatic heterocycles. The Balaban J connectivity index is 0.00000274. The molecule has 0 saturated heterocycles. The van der Waals surface area contributed by atoms with Gasteiger partial charge in [-0.05, 0) is 47.9 Å². The van der Waals surface area contributed by atoms with E-state index in [1.807, 2.05) is 49.4 Å². The average Bonchev–Trinajstić information content (AvgIpc) is 3.22. The SMILES string of the molecule is COc1cc(-c2ccccc2C)ccc1-c1nc2c(cc(S(=O)(=O)O)c3cccc(O)c32)[nH]1.Cl. The largest absolute Gasteiger partial charge is 0.507 e. The number of nitrogens with zero attached hydrogens (tertiary/aromatic N) is 1. The summed E-state index contributed by atoms with van der Waals surface area (Å²) < 4.78 is 39.4. The molecule has 0 bridgehead atoms. The van der Waals surface area contributed by atoms with Crippen LogP contribution in [0.1, 0.15) is 5.56 Å². The van der Waals surface area contributed by atoms with E-state index in [9.17, 15) is 18.1 Å². The third-order valence-corrected chi connectivity index (χ3v) is 6.64. The highest BCUT2D eigenvalue weighted by Gasteiger charge is 2.21. The summed E-state index contributed by atoms with van der Waals surface area (Å²) in [5, 5.41) is 10.9. The van der Waals surface area contributed by atoms with Gasteiger partial charge in [0.05, 0.1) is 23.6 Å². The predicted molar refractivity (Wildman–Crippen MR) is 134 cm³/mol. The molecule has 7 nitrogen and oxygen atoms in total. The molecule has 4 aromatic carbocycles. The summed E-state index contributed by atoms with van der Waals surface area (Å²) in [6, 6.07) is 19.6. The van der Waals surface area contributed by atoms with Gasteiger partial charge in [-0.2, -0.15) is 8.42 Å². The Morgan fingerprint density at radius 2 is 1.74 bits per heavy atom. The summed E-state index contributed by atoms with van der Waals surface area (Å²) in [5.41, 5.74) is 4.62. The van der Waals surface area contributed by atoms with Crippen LogP contribution in [0.5, 0.6) is 11.5 Å². The van der Waals surface area contributed by atoms with Crippen LogP contribution in [0.3, 0.4) is 0 Å². The highest BCUT2D eigenvalue weighted by atomic mass is 35.5. The predicted octanol–water partition coefficient (Wildman–Crippen LogP) is 5.74. The van der Waals surface area contributed by atoms with E-state index in [2.05, 4.69) is 9.97 Å². The van der Waals surface area contributed by atoms with Crippen molar-refractivity contribution in [1.29, 1.82) is 0 Å². The third-order valence-electron chi connectivity index (χ3n) is 5.74. The minimum absolute atomic E-state index is 0. The second kappa shape index (κ2) is 8.64. The molecule has 0 unspecified atom stereocenters. The van der Waals surface area contributed by atoms with Crippen molar-refractivity contribution >= 4 is 44.3 Å². The Labute approximate surface area is 202 Å². The molecule has 5 aromatic rings. The molecule has 3 N–H and O–H groups in total. The molecule has 34 heavy (non-hydrogen) atoms. The van der Waals surface area contributed by atoms with Crippen molar-refractivity contribution in [2.24, 2.45) is 0 Å². The molecule has 9 heteroatoms. The van der Waals surface area contributed by atoms with Crippen LogP contribution in [-0.2, 0) is 10.1 Å². The number of methoxy groups -OCH3 is 1. The molecule has 5 rings (SSSR count). The Morgan fingerprint density at radius 1 is 0.971 bits per heavy atom. The van der Waals surface area contributed by atoms with Crippen molar-refractivity contribution < 1.29 is 22.8 Å². The Morgan fingerprint density at radius 3 is 2.44 bits per heavy atom. The first-order valence-corrected chi connectivity index (χ1v) is 11.6. The number of H-pyrrole nitrogens is 1. The second-order valence-electron chi connectivity index (χ2n) is 7.76. The number of aromatic nitrogens is 2. The molecule has 0 aliphatic carbocycles. The lowest BCUT2D eigenvalue weighted by atomic mass is 9.99. The number of phenols is 1. The number of ether oxygens (including phenoxy) is 1. The highest BCUT2D eigenvalue weighted by Crippen LogP contribution is 2.39. The minimum Gasteiger partial charge on any atom is -0.507 e. The van der Waals surface area contributed by atoms with Crippen LogP contribution in [0.15, 0.2) is 71.6 Å². The van der Waals surface area contributed by atoms with E-state index in [0.717, 1.165) is 16.7 Å². The van der Waals surface area contributed by atoms with Crippen molar-refractivity contribution in [2.75, 3.05) is 7.11 Å². The summed E-state index contributed by atoms with van der Waals surface area (Å²) in [7, 11) is -2.96. The lowest BCUT2D eigenvalue weighted by Crippen LogP contribution is -1.99. The molecular weight excluding hydrogens is 476 g/mol. The normalized spacial score (nSPS) is 11.5. The van der Waals surface area contributed by atoms with E-state index in [0.29, 0.717) is 28.2 Å². The molecule has 0 fully saturated rings. The summed E-state index contributed by atoms with van der Waals surface area (Å²) in [6.45, 7) is 2.04. The lowest BCUT2D eigenvalue weighted by molar-refractivity contribution is 0.416. The fourth-order valence-electron chi connectivity index (χ4n) is 4.18. The van der Waals surface area contributed by atoms with Gasteiger partial charge in [-0.25, -0.2) is 4.98 Å². The Kier molecular flexibility index (Phi) is 5.99. The molecule has 0 radical (unpaired) electrons. The van der Waals surface area contributed by atoms with Gasteiger partial charge in [0.2, 0.25) is 0 Å². The molecule has 0 amide bonds. The van der Waals surface area contributed by atoms with Gasteiger partial charge in [-0.15, -0.1) is 12.4 Å². The number of benzene rings is 4. The third kappa shape index (κ3) is 3.86. The summed E-state index contributed by atoms with van der Waals surface area (Å²) in [4.78, 5) is 7.46. The first kappa shape index (κ1) is 23.6. The molecule has 0 aliphatic rings. The van der Waals surface area contributed by atoms with Crippen molar-refractivity contribution in [3.63, 3.8) is 0 Å². The molecule has 1 heterocycles. The minimum atomic E-state index is -4.53. The molecule has 0 atom stereocenters. The smallest absolute Gasteiger partial charge is 0.295 e.